The lowest BCUT2D eigenvalue weighted by Crippen LogP contribution is -2.37. The van der Waals surface area contributed by atoms with Crippen LogP contribution in [0.5, 0.6) is 0 Å². The summed E-state index contributed by atoms with van der Waals surface area (Å²) in [7, 11) is 0. The van der Waals surface area contributed by atoms with E-state index in [4.69, 9.17) is 9.84 Å². The Hall–Kier alpha value is -3.35. The van der Waals surface area contributed by atoms with Gasteiger partial charge in [-0.25, -0.2) is 9.59 Å². The number of ether oxygens (including phenoxy) is 1. The van der Waals surface area contributed by atoms with Gasteiger partial charge in [0.25, 0.3) is 0 Å². The third-order valence-corrected chi connectivity index (χ3v) is 6.58. The van der Waals surface area contributed by atoms with Gasteiger partial charge in [-0.05, 0) is 61.8 Å². The minimum atomic E-state index is -0.968. The van der Waals surface area contributed by atoms with Crippen LogP contribution in [0.2, 0.25) is 0 Å². The van der Waals surface area contributed by atoms with Crippen molar-refractivity contribution in [2.45, 2.75) is 45.9 Å². The van der Waals surface area contributed by atoms with Gasteiger partial charge in [0.15, 0.2) is 0 Å². The second-order valence-electron chi connectivity index (χ2n) is 10.3. The quantitative estimate of drug-likeness (QED) is 0.656. The van der Waals surface area contributed by atoms with Gasteiger partial charge in [0.1, 0.15) is 5.60 Å². The SMILES string of the molecule is CC(C)(C)OC(=O)N1C[C@@H]2C(CC(=O)N(Cc3ccccc3)Cc3ccc(C(=O)O)cc3)[C@@H]2C1. The molecule has 0 spiro atoms. The second-order valence-corrected chi connectivity index (χ2v) is 10.3. The number of carbonyl (C=O) groups excluding carboxylic acids is 2. The summed E-state index contributed by atoms with van der Waals surface area (Å²) in [4.78, 5) is 40.4. The molecule has 2 aromatic rings. The summed E-state index contributed by atoms with van der Waals surface area (Å²) in [5, 5.41) is 9.14. The Labute approximate surface area is 200 Å². The largest absolute Gasteiger partial charge is 0.478 e. The van der Waals surface area contributed by atoms with Gasteiger partial charge in [0, 0.05) is 32.6 Å². The minimum absolute atomic E-state index is 0.0781. The normalized spacial score (nSPS) is 21.0. The number of nitrogens with zero attached hydrogens (tertiary/aromatic N) is 2. The van der Waals surface area contributed by atoms with Gasteiger partial charge in [-0.3, -0.25) is 4.79 Å². The summed E-state index contributed by atoms with van der Waals surface area (Å²) in [5.41, 5.74) is 1.65. The Morgan fingerprint density at radius 3 is 2.03 bits per heavy atom. The van der Waals surface area contributed by atoms with Crippen LogP contribution in [-0.4, -0.2) is 51.6 Å². The van der Waals surface area contributed by atoms with Gasteiger partial charge in [0.05, 0.1) is 5.56 Å². The van der Waals surface area contributed by atoms with Gasteiger partial charge < -0.3 is 19.6 Å². The maximum absolute atomic E-state index is 13.3. The molecule has 7 nitrogen and oxygen atoms in total. The van der Waals surface area contributed by atoms with Crippen molar-refractivity contribution in [2.24, 2.45) is 17.8 Å². The zero-order valence-corrected chi connectivity index (χ0v) is 19.9. The highest BCUT2D eigenvalue weighted by atomic mass is 16.6. The van der Waals surface area contributed by atoms with E-state index in [9.17, 15) is 14.4 Å². The number of hydrogen-bond acceptors (Lipinski definition) is 4. The molecule has 1 N–H and O–H groups in total. The van der Waals surface area contributed by atoms with Crippen LogP contribution in [0.1, 0.15) is 48.7 Å². The number of piperidine rings is 1. The van der Waals surface area contributed by atoms with Gasteiger partial charge in [-0.2, -0.15) is 0 Å². The predicted octanol–water partition coefficient (Wildman–Crippen LogP) is 4.42. The lowest BCUT2D eigenvalue weighted by molar-refractivity contribution is -0.133. The summed E-state index contributed by atoms with van der Waals surface area (Å²) in [6.07, 6.45) is 0.178. The van der Waals surface area contributed by atoms with E-state index in [2.05, 4.69) is 0 Å². The van der Waals surface area contributed by atoms with Crippen LogP contribution in [0.4, 0.5) is 4.79 Å². The van der Waals surface area contributed by atoms with Crippen molar-refractivity contribution in [1.82, 2.24) is 9.80 Å². The van der Waals surface area contributed by atoms with E-state index in [0.717, 1.165) is 11.1 Å². The molecule has 1 saturated carbocycles. The molecule has 7 heteroatoms. The molecule has 1 aliphatic carbocycles. The fraction of sp³-hybridized carbons (Fsp3) is 0.444. The van der Waals surface area contributed by atoms with Crippen molar-refractivity contribution in [1.29, 1.82) is 0 Å². The zero-order chi connectivity index (χ0) is 24.5. The van der Waals surface area contributed by atoms with Crippen LogP contribution in [0, 0.1) is 17.8 Å². The highest BCUT2D eigenvalue weighted by Crippen LogP contribution is 2.54. The van der Waals surface area contributed by atoms with Crippen LogP contribution in [0.25, 0.3) is 0 Å². The average molecular weight is 465 g/mol. The predicted molar refractivity (Wildman–Crippen MR) is 127 cm³/mol. The smallest absolute Gasteiger partial charge is 0.410 e. The number of aromatic carboxylic acids is 1. The molecule has 2 aromatic carbocycles. The third-order valence-electron chi connectivity index (χ3n) is 6.58. The van der Waals surface area contributed by atoms with Crippen LogP contribution in [0.3, 0.4) is 0 Å². The molecule has 180 valence electrons. The molecule has 1 heterocycles. The standard InChI is InChI=1S/C27H32N2O5/c1-27(2,3)34-26(33)29-16-22-21(23(22)17-29)13-24(30)28(14-18-7-5-4-6-8-18)15-19-9-11-20(12-10-19)25(31)32/h4-12,21-23H,13-17H2,1-3H3,(H,31,32)/t21?,22-,23+. The molecule has 0 aromatic heterocycles. The van der Waals surface area contributed by atoms with Gasteiger partial charge in [0.2, 0.25) is 5.91 Å². The fourth-order valence-corrected chi connectivity index (χ4v) is 4.77. The van der Waals surface area contributed by atoms with E-state index in [0.29, 0.717) is 50.4 Å². The number of likely N-dealkylation sites (tertiary alicyclic amines) is 1. The molecule has 2 amide bonds. The van der Waals surface area contributed by atoms with E-state index in [1.807, 2.05) is 56.0 Å². The summed E-state index contributed by atoms with van der Waals surface area (Å²) >= 11 is 0. The molecular formula is C27H32N2O5. The van der Waals surface area contributed by atoms with E-state index in [1.54, 1.807) is 29.2 Å². The number of hydrogen-bond donors (Lipinski definition) is 1. The number of carboxylic acids is 1. The highest BCUT2D eigenvalue weighted by Gasteiger charge is 2.57. The van der Waals surface area contributed by atoms with Crippen LogP contribution < -0.4 is 0 Å². The molecule has 2 aliphatic rings. The topological polar surface area (TPSA) is 87.2 Å². The van der Waals surface area contributed by atoms with Crippen LogP contribution >= 0.6 is 0 Å². The zero-order valence-electron chi connectivity index (χ0n) is 19.9. The van der Waals surface area contributed by atoms with E-state index in [-0.39, 0.29) is 17.6 Å². The summed E-state index contributed by atoms with van der Waals surface area (Å²) in [5.74, 6) is 0.104. The number of amides is 2. The second kappa shape index (κ2) is 9.49. The van der Waals surface area contributed by atoms with Crippen molar-refractivity contribution in [3.05, 3.63) is 71.3 Å². The molecule has 0 radical (unpaired) electrons. The summed E-state index contributed by atoms with van der Waals surface area (Å²) < 4.78 is 5.48. The first-order valence-electron chi connectivity index (χ1n) is 11.7. The molecular weight excluding hydrogens is 432 g/mol. The molecule has 0 bridgehead atoms. The van der Waals surface area contributed by atoms with Gasteiger partial charge in [-0.1, -0.05) is 42.5 Å². The minimum Gasteiger partial charge on any atom is -0.478 e. The van der Waals surface area contributed by atoms with Gasteiger partial charge in [-0.15, -0.1) is 0 Å². The van der Waals surface area contributed by atoms with Crippen LogP contribution in [-0.2, 0) is 22.6 Å². The number of carboxylic acid groups (broad SMARTS) is 1. The first-order chi connectivity index (χ1) is 16.1. The van der Waals surface area contributed by atoms with Crippen molar-refractivity contribution in [2.75, 3.05) is 13.1 Å². The molecule has 1 saturated heterocycles. The Kier molecular flexibility index (Phi) is 6.64. The van der Waals surface area contributed by atoms with Crippen LogP contribution in [0.15, 0.2) is 54.6 Å². The number of carbonyl (C=O) groups is 3. The summed E-state index contributed by atoms with van der Waals surface area (Å²) in [6.45, 7) is 7.78. The molecule has 1 unspecified atom stereocenters. The van der Waals surface area contributed by atoms with E-state index < -0.39 is 11.6 Å². The molecule has 2 fully saturated rings. The molecule has 3 atom stereocenters. The number of rotatable bonds is 7. The Balaban J connectivity index is 1.38. The summed E-state index contributed by atoms with van der Waals surface area (Å²) in [6, 6.07) is 16.5. The Morgan fingerprint density at radius 1 is 0.941 bits per heavy atom. The average Bonchev–Trinajstić information content (AvgIpc) is 3.20. The number of benzene rings is 2. The number of fused-ring (bicyclic) bond motifs is 1. The van der Waals surface area contributed by atoms with E-state index in [1.165, 1.54) is 0 Å². The van der Waals surface area contributed by atoms with Crippen molar-refractivity contribution in [3.63, 3.8) is 0 Å². The molecule has 4 rings (SSSR count). The van der Waals surface area contributed by atoms with Crippen molar-refractivity contribution >= 4 is 18.0 Å². The van der Waals surface area contributed by atoms with Gasteiger partial charge >= 0.3 is 12.1 Å². The van der Waals surface area contributed by atoms with E-state index >= 15 is 0 Å². The van der Waals surface area contributed by atoms with Crippen molar-refractivity contribution < 1.29 is 24.2 Å². The first-order valence-corrected chi connectivity index (χ1v) is 11.7. The van der Waals surface area contributed by atoms with Crippen molar-refractivity contribution in [3.8, 4) is 0 Å². The maximum Gasteiger partial charge on any atom is 0.410 e. The third kappa shape index (κ3) is 5.76. The maximum atomic E-state index is 13.3. The highest BCUT2D eigenvalue weighted by molar-refractivity contribution is 5.87. The molecule has 34 heavy (non-hydrogen) atoms. The molecule has 1 aliphatic heterocycles. The Morgan fingerprint density at radius 2 is 1.50 bits per heavy atom. The lowest BCUT2D eigenvalue weighted by atomic mass is 10.1. The monoisotopic (exact) mass is 464 g/mol. The first kappa shape index (κ1) is 23.8. The fourth-order valence-electron chi connectivity index (χ4n) is 4.77. The lowest BCUT2D eigenvalue weighted by Gasteiger charge is -2.26. The Bertz CT molecular complexity index is 1030.